The molecule has 2 heterocycles. The molecule has 1 atom stereocenters. The van der Waals surface area contributed by atoms with Crippen molar-refractivity contribution in [1.29, 1.82) is 0 Å². The second-order valence-corrected chi connectivity index (χ2v) is 9.00. The van der Waals surface area contributed by atoms with Crippen molar-refractivity contribution < 1.29 is 13.2 Å². The van der Waals surface area contributed by atoms with Gasteiger partial charge in [-0.05, 0) is 37.0 Å². The predicted molar refractivity (Wildman–Crippen MR) is 108 cm³/mol. The van der Waals surface area contributed by atoms with E-state index in [1.807, 2.05) is 12.1 Å². The number of piperidine rings is 1. The Hall–Kier alpha value is -2.23. The number of carbonyl (C=O) groups is 1. The lowest BCUT2D eigenvalue weighted by Gasteiger charge is -2.36. The Morgan fingerprint density at radius 3 is 2.89 bits per heavy atom. The standard InChI is InChI=1S/C18H22ClN5O3S/c1-28(26,27)22-11-16(25)24-8-3-2-7-15(24)17-14(10-21-18(20)23-17)12-5-4-6-13(19)9-12/h4-6,9-10,15,22H,2-3,7-8,11H2,1H3,(H2,20,21,23)/t15-/m1/s1. The fourth-order valence-corrected chi connectivity index (χ4v) is 3.93. The minimum absolute atomic E-state index is 0.119. The molecule has 8 nitrogen and oxygen atoms in total. The monoisotopic (exact) mass is 423 g/mol. The molecular weight excluding hydrogens is 402 g/mol. The largest absolute Gasteiger partial charge is 0.368 e. The number of nitrogen functional groups attached to an aromatic ring is 1. The van der Waals surface area contributed by atoms with E-state index in [2.05, 4.69) is 14.7 Å². The number of hydrogen-bond acceptors (Lipinski definition) is 6. The summed E-state index contributed by atoms with van der Waals surface area (Å²) >= 11 is 6.13. The molecule has 0 unspecified atom stereocenters. The van der Waals surface area contributed by atoms with Crippen molar-refractivity contribution in [3.63, 3.8) is 0 Å². The van der Waals surface area contributed by atoms with E-state index in [0.717, 1.165) is 30.2 Å². The topological polar surface area (TPSA) is 118 Å². The summed E-state index contributed by atoms with van der Waals surface area (Å²) in [4.78, 5) is 22.9. The van der Waals surface area contributed by atoms with Crippen LogP contribution in [-0.4, -0.2) is 48.5 Å². The molecule has 1 aliphatic rings. The third kappa shape index (κ3) is 4.98. The van der Waals surface area contributed by atoms with Gasteiger partial charge in [-0.3, -0.25) is 4.79 Å². The highest BCUT2D eigenvalue weighted by Crippen LogP contribution is 2.36. The van der Waals surface area contributed by atoms with Crippen LogP contribution in [0.4, 0.5) is 5.95 Å². The van der Waals surface area contributed by atoms with Gasteiger partial charge in [-0.2, -0.15) is 0 Å². The Kier molecular flexibility index (Phi) is 6.17. The Balaban J connectivity index is 1.97. The van der Waals surface area contributed by atoms with Crippen LogP contribution in [0.5, 0.6) is 0 Å². The van der Waals surface area contributed by atoms with Crippen molar-refractivity contribution >= 4 is 33.5 Å². The van der Waals surface area contributed by atoms with Gasteiger partial charge in [-0.1, -0.05) is 23.7 Å². The number of carbonyl (C=O) groups excluding carboxylic acids is 1. The SMILES string of the molecule is CS(=O)(=O)NCC(=O)N1CCCC[C@@H]1c1nc(N)ncc1-c1cccc(Cl)c1. The molecule has 2 aromatic rings. The Labute approximate surface area is 169 Å². The van der Waals surface area contributed by atoms with Crippen molar-refractivity contribution in [3.8, 4) is 11.1 Å². The van der Waals surface area contributed by atoms with Crippen molar-refractivity contribution in [1.82, 2.24) is 19.6 Å². The van der Waals surface area contributed by atoms with Crippen LogP contribution in [-0.2, 0) is 14.8 Å². The fraction of sp³-hybridized carbons (Fsp3) is 0.389. The quantitative estimate of drug-likeness (QED) is 0.759. The summed E-state index contributed by atoms with van der Waals surface area (Å²) in [5, 5.41) is 0.578. The van der Waals surface area contributed by atoms with E-state index in [0.29, 0.717) is 23.7 Å². The minimum Gasteiger partial charge on any atom is -0.368 e. The molecule has 1 amide bonds. The third-order valence-electron chi connectivity index (χ3n) is 4.60. The number of amides is 1. The van der Waals surface area contributed by atoms with E-state index in [4.69, 9.17) is 17.3 Å². The van der Waals surface area contributed by atoms with E-state index >= 15 is 0 Å². The Morgan fingerprint density at radius 2 is 2.18 bits per heavy atom. The summed E-state index contributed by atoms with van der Waals surface area (Å²) in [5.74, 6) is -0.183. The van der Waals surface area contributed by atoms with Crippen LogP contribution in [0, 0.1) is 0 Å². The lowest BCUT2D eigenvalue weighted by Crippen LogP contribution is -2.44. The van der Waals surface area contributed by atoms with Gasteiger partial charge in [-0.15, -0.1) is 0 Å². The zero-order valence-electron chi connectivity index (χ0n) is 15.4. The highest BCUT2D eigenvalue weighted by atomic mass is 35.5. The van der Waals surface area contributed by atoms with E-state index in [1.165, 1.54) is 0 Å². The Bertz CT molecular complexity index is 983. The van der Waals surface area contributed by atoms with E-state index < -0.39 is 10.0 Å². The number of aromatic nitrogens is 2. The summed E-state index contributed by atoms with van der Waals surface area (Å²) in [6, 6.07) is 6.99. The molecule has 0 spiro atoms. The third-order valence-corrected chi connectivity index (χ3v) is 5.50. The molecular formula is C18H22ClN5O3S. The summed E-state index contributed by atoms with van der Waals surface area (Å²) in [6.45, 7) is 0.232. The average Bonchev–Trinajstić information content (AvgIpc) is 2.65. The molecule has 0 saturated carbocycles. The number of nitrogens with zero attached hydrogens (tertiary/aromatic N) is 3. The molecule has 0 bridgehead atoms. The summed E-state index contributed by atoms with van der Waals surface area (Å²) in [6.07, 6.45) is 5.13. The van der Waals surface area contributed by atoms with Gasteiger partial charge in [0.05, 0.1) is 24.5 Å². The molecule has 3 rings (SSSR count). The first-order chi connectivity index (χ1) is 13.2. The molecule has 0 radical (unpaired) electrons. The first kappa shape index (κ1) is 20.5. The van der Waals surface area contributed by atoms with Crippen LogP contribution in [0.2, 0.25) is 5.02 Å². The molecule has 28 heavy (non-hydrogen) atoms. The number of likely N-dealkylation sites (tertiary alicyclic amines) is 1. The number of hydrogen-bond donors (Lipinski definition) is 2. The predicted octanol–water partition coefficient (Wildman–Crippen LogP) is 1.98. The summed E-state index contributed by atoms with van der Waals surface area (Å²) in [7, 11) is -3.46. The summed E-state index contributed by atoms with van der Waals surface area (Å²) in [5.41, 5.74) is 8.05. The normalized spacial score (nSPS) is 17.5. The van der Waals surface area contributed by atoms with Crippen LogP contribution >= 0.6 is 11.6 Å². The van der Waals surface area contributed by atoms with Crippen molar-refractivity contribution in [2.45, 2.75) is 25.3 Å². The van der Waals surface area contributed by atoms with Gasteiger partial charge >= 0.3 is 0 Å². The molecule has 1 saturated heterocycles. The molecule has 1 aliphatic heterocycles. The Morgan fingerprint density at radius 1 is 1.39 bits per heavy atom. The first-order valence-corrected chi connectivity index (χ1v) is 11.1. The number of rotatable bonds is 5. The van der Waals surface area contributed by atoms with Crippen LogP contribution in [0.15, 0.2) is 30.5 Å². The van der Waals surface area contributed by atoms with Crippen LogP contribution in [0.25, 0.3) is 11.1 Å². The zero-order chi connectivity index (χ0) is 20.3. The molecule has 150 valence electrons. The van der Waals surface area contributed by atoms with E-state index in [-0.39, 0.29) is 24.4 Å². The number of nitrogens with one attached hydrogen (secondary N) is 1. The molecule has 1 aromatic carbocycles. The van der Waals surface area contributed by atoms with Crippen LogP contribution in [0.3, 0.4) is 0 Å². The van der Waals surface area contributed by atoms with Crippen molar-refractivity contribution in [3.05, 3.63) is 41.2 Å². The second-order valence-electron chi connectivity index (χ2n) is 6.73. The highest BCUT2D eigenvalue weighted by Gasteiger charge is 2.31. The van der Waals surface area contributed by atoms with Crippen molar-refractivity contribution in [2.24, 2.45) is 0 Å². The van der Waals surface area contributed by atoms with Gasteiger partial charge in [0.15, 0.2) is 0 Å². The van der Waals surface area contributed by atoms with E-state index in [9.17, 15) is 13.2 Å². The highest BCUT2D eigenvalue weighted by molar-refractivity contribution is 7.88. The summed E-state index contributed by atoms with van der Waals surface area (Å²) < 4.78 is 25.0. The van der Waals surface area contributed by atoms with Crippen molar-refractivity contribution in [2.75, 3.05) is 25.1 Å². The van der Waals surface area contributed by atoms with Gasteiger partial charge < -0.3 is 10.6 Å². The smallest absolute Gasteiger partial charge is 0.238 e. The maximum absolute atomic E-state index is 12.7. The number of halogens is 1. The van der Waals surface area contributed by atoms with Gasteiger partial charge in [0.1, 0.15) is 0 Å². The number of anilines is 1. The fourth-order valence-electron chi connectivity index (χ4n) is 3.35. The molecule has 10 heteroatoms. The molecule has 0 aliphatic carbocycles. The zero-order valence-corrected chi connectivity index (χ0v) is 17.0. The van der Waals surface area contributed by atoms with Crippen LogP contribution in [0.1, 0.15) is 31.0 Å². The minimum atomic E-state index is -3.46. The van der Waals surface area contributed by atoms with Gasteiger partial charge in [0.25, 0.3) is 0 Å². The molecule has 1 aromatic heterocycles. The molecule has 1 fully saturated rings. The van der Waals surface area contributed by atoms with E-state index in [1.54, 1.807) is 23.2 Å². The number of sulfonamides is 1. The number of nitrogens with two attached hydrogens (primary N) is 1. The van der Waals surface area contributed by atoms with Gasteiger partial charge in [-0.25, -0.2) is 23.1 Å². The maximum atomic E-state index is 12.7. The average molecular weight is 424 g/mol. The van der Waals surface area contributed by atoms with Gasteiger partial charge in [0.2, 0.25) is 21.9 Å². The number of benzene rings is 1. The van der Waals surface area contributed by atoms with Gasteiger partial charge in [0, 0.05) is 23.3 Å². The molecule has 3 N–H and O–H groups in total. The second kappa shape index (κ2) is 8.42. The maximum Gasteiger partial charge on any atom is 0.238 e. The lowest BCUT2D eigenvalue weighted by atomic mass is 9.93. The first-order valence-electron chi connectivity index (χ1n) is 8.87. The van der Waals surface area contributed by atoms with Crippen LogP contribution < -0.4 is 10.5 Å². The lowest BCUT2D eigenvalue weighted by molar-refractivity contribution is -0.133.